The van der Waals surface area contributed by atoms with Crippen LogP contribution in [0.3, 0.4) is 0 Å². The van der Waals surface area contributed by atoms with E-state index in [4.69, 9.17) is 0 Å². The molecule has 5 heteroatoms. The van der Waals surface area contributed by atoms with Crippen molar-refractivity contribution < 1.29 is 14.3 Å². The summed E-state index contributed by atoms with van der Waals surface area (Å²) in [4.78, 5) is 24.6. The van der Waals surface area contributed by atoms with E-state index in [1.807, 2.05) is 0 Å². The van der Waals surface area contributed by atoms with Gasteiger partial charge in [0.15, 0.2) is 0 Å². The van der Waals surface area contributed by atoms with Crippen LogP contribution in [-0.4, -0.2) is 43.2 Å². The van der Waals surface area contributed by atoms with Crippen molar-refractivity contribution in [2.45, 2.75) is 25.5 Å². The zero-order valence-corrected chi connectivity index (χ0v) is 13.7. The monoisotopic (exact) mass is 309 g/mol. The van der Waals surface area contributed by atoms with Gasteiger partial charge in [-0.25, -0.2) is 0 Å². The average molecular weight is 309 g/mol. The predicted molar refractivity (Wildman–Crippen MR) is 86.2 cm³/mol. The first-order valence-electron chi connectivity index (χ1n) is 6.97. The molecule has 116 valence electrons. The molecular weight excluding hydrogens is 286 g/mol. The van der Waals surface area contributed by atoms with Crippen molar-refractivity contribution in [2.24, 2.45) is 0 Å². The van der Waals surface area contributed by atoms with Gasteiger partial charge >= 0.3 is 5.97 Å². The third-order valence-corrected chi connectivity index (χ3v) is 4.13. The van der Waals surface area contributed by atoms with Gasteiger partial charge in [0.2, 0.25) is 5.91 Å². The van der Waals surface area contributed by atoms with Crippen LogP contribution in [0.25, 0.3) is 0 Å². The van der Waals surface area contributed by atoms with E-state index in [-0.39, 0.29) is 11.9 Å². The summed E-state index contributed by atoms with van der Waals surface area (Å²) >= 11 is 1.61. The topological polar surface area (TPSA) is 46.6 Å². The third kappa shape index (κ3) is 7.18. The molecule has 0 bridgehead atoms. The van der Waals surface area contributed by atoms with Crippen molar-refractivity contribution in [3.05, 3.63) is 35.4 Å². The average Bonchev–Trinajstić information content (AvgIpc) is 2.48. The Morgan fingerprint density at radius 2 is 1.90 bits per heavy atom. The summed E-state index contributed by atoms with van der Waals surface area (Å²) in [6, 6.07) is 8.34. The molecule has 0 spiro atoms. The Hall–Kier alpha value is -1.49. The number of nitrogens with zero attached hydrogens (tertiary/aromatic N) is 1. The van der Waals surface area contributed by atoms with Crippen LogP contribution in [0.4, 0.5) is 0 Å². The molecule has 1 aromatic carbocycles. The molecule has 4 nitrogen and oxygen atoms in total. The van der Waals surface area contributed by atoms with E-state index >= 15 is 0 Å². The van der Waals surface area contributed by atoms with Crippen LogP contribution in [-0.2, 0) is 20.1 Å². The quantitative estimate of drug-likeness (QED) is 0.693. The van der Waals surface area contributed by atoms with Gasteiger partial charge in [0.05, 0.1) is 12.9 Å². The number of hydrogen-bond donors (Lipinski definition) is 0. The van der Waals surface area contributed by atoms with Crippen LogP contribution in [0.15, 0.2) is 24.3 Å². The lowest BCUT2D eigenvalue weighted by Crippen LogP contribution is -2.29. The minimum atomic E-state index is -0.232. The second-order valence-corrected chi connectivity index (χ2v) is 5.96. The first kappa shape index (κ1) is 17.6. The van der Waals surface area contributed by atoms with Gasteiger partial charge in [0.1, 0.15) is 0 Å². The zero-order chi connectivity index (χ0) is 15.7. The largest absolute Gasteiger partial charge is 0.469 e. The number of amides is 1. The molecule has 0 atom stereocenters. The first-order chi connectivity index (χ1) is 10.0. The number of esters is 1. The smallest absolute Gasteiger partial charge is 0.305 e. The molecular formula is C16H23NO3S. The van der Waals surface area contributed by atoms with Gasteiger partial charge in [0, 0.05) is 25.8 Å². The van der Waals surface area contributed by atoms with Crippen LogP contribution in [0.2, 0.25) is 0 Å². The highest BCUT2D eigenvalue weighted by molar-refractivity contribution is 7.99. The van der Waals surface area contributed by atoms with E-state index < -0.39 is 0 Å². The van der Waals surface area contributed by atoms with Crippen LogP contribution in [0.1, 0.15) is 24.0 Å². The molecule has 0 unspecified atom stereocenters. The summed E-state index contributed by atoms with van der Waals surface area (Å²) < 4.78 is 4.57. The highest BCUT2D eigenvalue weighted by atomic mass is 32.2. The van der Waals surface area contributed by atoms with E-state index in [2.05, 4.69) is 35.9 Å². The molecule has 0 aromatic heterocycles. The molecule has 1 aromatic rings. The van der Waals surface area contributed by atoms with Crippen molar-refractivity contribution in [3.63, 3.8) is 0 Å². The maximum absolute atomic E-state index is 11.9. The first-order valence-corrected chi connectivity index (χ1v) is 8.12. The van der Waals surface area contributed by atoms with E-state index in [1.165, 1.54) is 18.2 Å². The third-order valence-electron chi connectivity index (χ3n) is 3.14. The molecule has 0 aliphatic rings. The Labute approximate surface area is 130 Å². The summed E-state index contributed by atoms with van der Waals surface area (Å²) in [6.07, 6.45) is 0.988. The van der Waals surface area contributed by atoms with Crippen molar-refractivity contribution in [2.75, 3.05) is 26.5 Å². The van der Waals surface area contributed by atoms with Crippen molar-refractivity contribution in [1.29, 1.82) is 0 Å². The number of rotatable bonds is 8. The standard InChI is InChI=1S/C16H23NO3S/c1-13-6-8-14(9-7-13)11-21-12-15(18)17(2)10-4-5-16(19)20-3/h6-9H,4-5,10-12H2,1-3H3. The Morgan fingerprint density at radius 1 is 1.24 bits per heavy atom. The fourth-order valence-electron chi connectivity index (χ4n) is 1.74. The minimum Gasteiger partial charge on any atom is -0.469 e. The molecule has 0 saturated carbocycles. The molecule has 0 aliphatic heterocycles. The molecule has 0 heterocycles. The maximum Gasteiger partial charge on any atom is 0.305 e. The number of carbonyl (C=O) groups is 2. The molecule has 0 radical (unpaired) electrons. The number of carbonyl (C=O) groups excluding carboxylic acids is 2. The molecule has 21 heavy (non-hydrogen) atoms. The van der Waals surface area contributed by atoms with Crippen molar-refractivity contribution in [1.82, 2.24) is 4.90 Å². The zero-order valence-electron chi connectivity index (χ0n) is 12.9. The second-order valence-electron chi connectivity index (χ2n) is 4.97. The Balaban J connectivity index is 2.20. The van der Waals surface area contributed by atoms with E-state index in [9.17, 15) is 9.59 Å². The van der Waals surface area contributed by atoms with E-state index in [0.717, 1.165) is 5.75 Å². The molecule has 0 aliphatic carbocycles. The van der Waals surface area contributed by atoms with Crippen molar-refractivity contribution >= 4 is 23.6 Å². The van der Waals surface area contributed by atoms with Crippen LogP contribution in [0.5, 0.6) is 0 Å². The molecule has 1 rings (SSSR count). The number of thioether (sulfide) groups is 1. The predicted octanol–water partition coefficient (Wildman–Crippen LogP) is 2.64. The van der Waals surface area contributed by atoms with Gasteiger partial charge in [0.25, 0.3) is 0 Å². The highest BCUT2D eigenvalue weighted by Crippen LogP contribution is 2.13. The lowest BCUT2D eigenvalue weighted by Gasteiger charge is -2.16. The van der Waals surface area contributed by atoms with E-state index in [0.29, 0.717) is 25.1 Å². The minimum absolute atomic E-state index is 0.0944. The summed E-state index contributed by atoms with van der Waals surface area (Å²) in [5.74, 6) is 1.16. The fourth-order valence-corrected chi connectivity index (χ4v) is 2.66. The van der Waals surface area contributed by atoms with Crippen LogP contribution < -0.4 is 0 Å². The van der Waals surface area contributed by atoms with Gasteiger partial charge in [-0.3, -0.25) is 9.59 Å². The van der Waals surface area contributed by atoms with Gasteiger partial charge in [-0.2, -0.15) is 0 Å². The van der Waals surface area contributed by atoms with Crippen molar-refractivity contribution in [3.8, 4) is 0 Å². The number of aryl methyl sites for hydroxylation is 1. The molecule has 0 saturated heterocycles. The maximum atomic E-state index is 11.9. The highest BCUT2D eigenvalue weighted by Gasteiger charge is 2.09. The summed E-state index contributed by atoms with van der Waals surface area (Å²) in [5, 5.41) is 0. The van der Waals surface area contributed by atoms with Crippen LogP contribution >= 0.6 is 11.8 Å². The van der Waals surface area contributed by atoms with E-state index in [1.54, 1.807) is 23.7 Å². The Kier molecular flexibility index (Phi) is 7.90. The summed E-state index contributed by atoms with van der Waals surface area (Å²) in [6.45, 7) is 2.64. The summed E-state index contributed by atoms with van der Waals surface area (Å²) in [7, 11) is 3.14. The lowest BCUT2D eigenvalue weighted by molar-refractivity contribution is -0.141. The lowest BCUT2D eigenvalue weighted by atomic mass is 10.2. The Morgan fingerprint density at radius 3 is 2.52 bits per heavy atom. The van der Waals surface area contributed by atoms with Gasteiger partial charge in [-0.15, -0.1) is 11.8 Å². The van der Waals surface area contributed by atoms with Gasteiger partial charge in [-0.1, -0.05) is 29.8 Å². The second kappa shape index (κ2) is 9.45. The normalized spacial score (nSPS) is 10.2. The number of hydrogen-bond acceptors (Lipinski definition) is 4. The van der Waals surface area contributed by atoms with Crippen LogP contribution in [0, 0.1) is 6.92 Å². The molecule has 0 fully saturated rings. The SMILES string of the molecule is COC(=O)CCCN(C)C(=O)CSCc1ccc(C)cc1. The van der Waals surface area contributed by atoms with Gasteiger partial charge in [-0.05, 0) is 18.9 Å². The summed E-state index contributed by atoms with van der Waals surface area (Å²) in [5.41, 5.74) is 2.47. The number of benzene rings is 1. The van der Waals surface area contributed by atoms with Gasteiger partial charge < -0.3 is 9.64 Å². The number of methoxy groups -OCH3 is 1. The number of ether oxygens (including phenoxy) is 1. The fraction of sp³-hybridized carbons (Fsp3) is 0.500. The molecule has 0 N–H and O–H groups in total. The molecule has 1 amide bonds. The Bertz CT molecular complexity index is 459.